The van der Waals surface area contributed by atoms with Crippen LogP contribution >= 0.6 is 11.3 Å². The third-order valence-electron chi connectivity index (χ3n) is 4.37. The number of piperazine rings is 1. The Kier molecular flexibility index (Phi) is 5.58. The van der Waals surface area contributed by atoms with Gasteiger partial charge in [0, 0.05) is 31.1 Å². The topological polar surface area (TPSA) is 66.6 Å². The fraction of sp³-hybridized carbons (Fsp3) is 0.625. The van der Waals surface area contributed by atoms with E-state index in [4.69, 9.17) is 5.73 Å². The van der Waals surface area contributed by atoms with E-state index in [9.17, 15) is 9.59 Å². The Balaban J connectivity index is 1.90. The first kappa shape index (κ1) is 17.0. The highest BCUT2D eigenvalue weighted by atomic mass is 32.1. The molecule has 1 aliphatic rings. The Morgan fingerprint density at radius 2 is 1.82 bits per heavy atom. The molecular weight excluding hydrogens is 298 g/mol. The molecule has 1 aromatic heterocycles. The molecule has 6 heteroatoms. The Morgan fingerprint density at radius 3 is 2.32 bits per heavy atom. The van der Waals surface area contributed by atoms with Crippen molar-refractivity contribution in [2.75, 3.05) is 26.2 Å². The van der Waals surface area contributed by atoms with E-state index < -0.39 is 6.04 Å². The molecule has 5 nitrogen and oxygen atoms in total. The van der Waals surface area contributed by atoms with E-state index >= 15 is 0 Å². The minimum atomic E-state index is -0.438. The van der Waals surface area contributed by atoms with Crippen LogP contribution in [0.3, 0.4) is 0 Å². The lowest BCUT2D eigenvalue weighted by atomic mass is 9.98. The fourth-order valence-electron chi connectivity index (χ4n) is 2.54. The maximum absolute atomic E-state index is 12.4. The number of nitrogens with two attached hydrogens (primary N) is 1. The molecule has 1 fully saturated rings. The summed E-state index contributed by atoms with van der Waals surface area (Å²) in [7, 11) is 0. The average molecular weight is 323 g/mol. The highest BCUT2D eigenvalue weighted by Crippen LogP contribution is 2.18. The van der Waals surface area contributed by atoms with Crippen LogP contribution in [0.1, 0.15) is 34.8 Å². The predicted molar refractivity (Wildman–Crippen MR) is 89.0 cm³/mol. The fourth-order valence-corrected chi connectivity index (χ4v) is 3.38. The number of hydrogen-bond acceptors (Lipinski definition) is 4. The first-order valence-electron chi connectivity index (χ1n) is 7.84. The van der Waals surface area contributed by atoms with Gasteiger partial charge in [-0.15, -0.1) is 11.3 Å². The Morgan fingerprint density at radius 1 is 1.23 bits per heavy atom. The highest BCUT2D eigenvalue weighted by molar-refractivity contribution is 7.13. The van der Waals surface area contributed by atoms with Gasteiger partial charge in [-0.05, 0) is 25.0 Å². The SMILES string of the molecule is CCC(C)C(N)C(=O)N1CCN(C(=O)c2ccc(C)s2)CC1. The number of amides is 2. The van der Waals surface area contributed by atoms with E-state index in [0.29, 0.717) is 26.2 Å². The van der Waals surface area contributed by atoms with Crippen molar-refractivity contribution in [2.45, 2.75) is 33.2 Å². The van der Waals surface area contributed by atoms with Crippen LogP contribution in [0.5, 0.6) is 0 Å². The van der Waals surface area contributed by atoms with E-state index in [1.807, 2.05) is 37.8 Å². The summed E-state index contributed by atoms with van der Waals surface area (Å²) in [5.74, 6) is 0.256. The summed E-state index contributed by atoms with van der Waals surface area (Å²) in [6, 6.07) is 3.40. The van der Waals surface area contributed by atoms with Crippen molar-refractivity contribution < 1.29 is 9.59 Å². The molecule has 2 atom stereocenters. The molecule has 2 rings (SSSR count). The second-order valence-corrected chi connectivity index (χ2v) is 7.23. The van der Waals surface area contributed by atoms with Crippen LogP contribution in [0.4, 0.5) is 0 Å². The predicted octanol–water partition coefficient (Wildman–Crippen LogP) is 1.71. The Hall–Kier alpha value is -1.40. The third kappa shape index (κ3) is 3.67. The number of carbonyl (C=O) groups is 2. The molecule has 2 heterocycles. The zero-order valence-corrected chi connectivity index (χ0v) is 14.4. The number of hydrogen-bond donors (Lipinski definition) is 1. The van der Waals surface area contributed by atoms with Crippen LogP contribution in [-0.2, 0) is 4.79 Å². The van der Waals surface area contributed by atoms with Gasteiger partial charge in [0.1, 0.15) is 0 Å². The minimum absolute atomic E-state index is 0.00779. The maximum atomic E-state index is 12.4. The molecule has 2 N–H and O–H groups in total. The number of aryl methyl sites for hydroxylation is 1. The van der Waals surface area contributed by atoms with Gasteiger partial charge >= 0.3 is 0 Å². The van der Waals surface area contributed by atoms with Crippen molar-refractivity contribution in [3.8, 4) is 0 Å². The van der Waals surface area contributed by atoms with Crippen molar-refractivity contribution in [3.05, 3.63) is 21.9 Å². The summed E-state index contributed by atoms with van der Waals surface area (Å²) in [4.78, 5) is 30.3. The molecule has 122 valence electrons. The van der Waals surface area contributed by atoms with Gasteiger partial charge in [0.25, 0.3) is 5.91 Å². The lowest BCUT2D eigenvalue weighted by molar-refractivity contribution is -0.135. The monoisotopic (exact) mass is 323 g/mol. The van der Waals surface area contributed by atoms with Crippen molar-refractivity contribution in [3.63, 3.8) is 0 Å². The van der Waals surface area contributed by atoms with Gasteiger partial charge in [-0.25, -0.2) is 0 Å². The van der Waals surface area contributed by atoms with E-state index in [1.165, 1.54) is 11.3 Å². The van der Waals surface area contributed by atoms with Crippen molar-refractivity contribution in [1.82, 2.24) is 9.80 Å². The lowest BCUT2D eigenvalue weighted by Crippen LogP contribution is -2.55. The molecular formula is C16H25N3O2S. The third-order valence-corrected chi connectivity index (χ3v) is 5.36. The molecule has 1 saturated heterocycles. The summed E-state index contributed by atoms with van der Waals surface area (Å²) in [6.07, 6.45) is 0.892. The van der Waals surface area contributed by atoms with Gasteiger partial charge in [-0.1, -0.05) is 20.3 Å². The normalized spacial score (nSPS) is 18.2. The molecule has 2 unspecified atom stereocenters. The largest absolute Gasteiger partial charge is 0.338 e. The van der Waals surface area contributed by atoms with Crippen LogP contribution in [0.25, 0.3) is 0 Å². The van der Waals surface area contributed by atoms with Crippen LogP contribution in [0.2, 0.25) is 0 Å². The average Bonchev–Trinajstić information content (AvgIpc) is 2.98. The smallest absolute Gasteiger partial charge is 0.264 e. The number of thiophene rings is 1. The van der Waals surface area contributed by atoms with E-state index in [2.05, 4.69) is 0 Å². The second-order valence-electron chi connectivity index (χ2n) is 5.94. The molecule has 0 aliphatic carbocycles. The van der Waals surface area contributed by atoms with E-state index in [1.54, 1.807) is 4.90 Å². The molecule has 1 aromatic rings. The van der Waals surface area contributed by atoms with Crippen LogP contribution in [-0.4, -0.2) is 53.8 Å². The van der Waals surface area contributed by atoms with Crippen molar-refractivity contribution >= 4 is 23.2 Å². The summed E-state index contributed by atoms with van der Waals surface area (Å²) < 4.78 is 0. The summed E-state index contributed by atoms with van der Waals surface area (Å²) >= 11 is 1.52. The first-order chi connectivity index (χ1) is 10.4. The molecule has 1 aliphatic heterocycles. The number of carbonyl (C=O) groups excluding carboxylic acids is 2. The zero-order valence-electron chi connectivity index (χ0n) is 13.5. The molecule has 0 radical (unpaired) electrons. The first-order valence-corrected chi connectivity index (χ1v) is 8.65. The van der Waals surface area contributed by atoms with Gasteiger partial charge in [0.15, 0.2) is 0 Å². The minimum Gasteiger partial charge on any atom is -0.338 e. The number of rotatable bonds is 4. The van der Waals surface area contributed by atoms with E-state index in [0.717, 1.165) is 16.2 Å². The lowest BCUT2D eigenvalue weighted by Gasteiger charge is -2.36. The quantitative estimate of drug-likeness (QED) is 0.917. The van der Waals surface area contributed by atoms with Gasteiger partial charge in [-0.3, -0.25) is 9.59 Å². The van der Waals surface area contributed by atoms with Crippen LogP contribution in [0.15, 0.2) is 12.1 Å². The molecule has 0 saturated carbocycles. The van der Waals surface area contributed by atoms with Crippen molar-refractivity contribution in [1.29, 1.82) is 0 Å². The molecule has 22 heavy (non-hydrogen) atoms. The molecule has 2 amide bonds. The zero-order chi connectivity index (χ0) is 16.3. The van der Waals surface area contributed by atoms with E-state index in [-0.39, 0.29) is 17.7 Å². The van der Waals surface area contributed by atoms with Gasteiger partial charge < -0.3 is 15.5 Å². The number of nitrogens with zero attached hydrogens (tertiary/aromatic N) is 2. The van der Waals surface area contributed by atoms with Gasteiger partial charge in [-0.2, -0.15) is 0 Å². The molecule has 0 aromatic carbocycles. The second kappa shape index (κ2) is 7.24. The van der Waals surface area contributed by atoms with Crippen molar-refractivity contribution in [2.24, 2.45) is 11.7 Å². The van der Waals surface area contributed by atoms with Crippen LogP contribution < -0.4 is 5.73 Å². The molecule has 0 bridgehead atoms. The summed E-state index contributed by atoms with van der Waals surface area (Å²) in [5, 5.41) is 0. The standard InChI is InChI=1S/C16H25N3O2S/c1-4-11(2)14(17)16(21)19-9-7-18(8-10-19)15(20)13-6-5-12(3)22-13/h5-6,11,14H,4,7-10,17H2,1-3H3. The molecule has 0 spiro atoms. The van der Waals surface area contributed by atoms with Gasteiger partial charge in [0.2, 0.25) is 5.91 Å². The summed E-state index contributed by atoms with van der Waals surface area (Å²) in [5.41, 5.74) is 6.02. The highest BCUT2D eigenvalue weighted by Gasteiger charge is 2.29. The van der Waals surface area contributed by atoms with Gasteiger partial charge in [0.05, 0.1) is 10.9 Å². The maximum Gasteiger partial charge on any atom is 0.264 e. The summed E-state index contributed by atoms with van der Waals surface area (Å²) in [6.45, 7) is 8.33. The Labute approximate surface area is 136 Å². The van der Waals surface area contributed by atoms with Crippen LogP contribution in [0, 0.1) is 12.8 Å². The Bertz CT molecular complexity index is 535.